The van der Waals surface area contributed by atoms with Crippen LogP contribution in [0.15, 0.2) is 66.7 Å². The Labute approximate surface area is 200 Å². The highest BCUT2D eigenvalue weighted by Gasteiger charge is 2.29. The van der Waals surface area contributed by atoms with E-state index in [0.29, 0.717) is 12.4 Å². The minimum Gasteiger partial charge on any atom is -0.508 e. The Morgan fingerprint density at radius 2 is 1.71 bits per heavy atom. The lowest BCUT2D eigenvalue weighted by Crippen LogP contribution is -2.25. The maximum absolute atomic E-state index is 10.0. The minimum absolute atomic E-state index is 0.175. The Kier molecular flexibility index (Phi) is 6.20. The van der Waals surface area contributed by atoms with Crippen molar-refractivity contribution in [1.82, 2.24) is 4.90 Å². The quantitative estimate of drug-likeness (QED) is 0.484. The summed E-state index contributed by atoms with van der Waals surface area (Å²) in [5.74, 6) is 2.68. The van der Waals surface area contributed by atoms with Gasteiger partial charge in [-0.3, -0.25) is 4.90 Å². The average Bonchev–Trinajstić information content (AvgIpc) is 3.25. The summed E-state index contributed by atoms with van der Waals surface area (Å²) in [6, 6.07) is 20.5. The lowest BCUT2D eigenvalue weighted by atomic mass is 9.86. The first-order valence-electron chi connectivity index (χ1n) is 11.9. The van der Waals surface area contributed by atoms with Crippen molar-refractivity contribution in [2.24, 2.45) is 5.92 Å². The highest BCUT2D eigenvalue weighted by atomic mass is 16.5. The second-order valence-corrected chi connectivity index (χ2v) is 9.38. The van der Waals surface area contributed by atoms with Gasteiger partial charge in [-0.2, -0.15) is 0 Å². The molecular weight excluding hydrogens is 426 g/mol. The summed E-state index contributed by atoms with van der Waals surface area (Å²) in [7, 11) is 0. The smallest absolute Gasteiger partial charge is 0.150 e. The highest BCUT2D eigenvalue weighted by Crippen LogP contribution is 2.47. The number of hydrogen-bond donors (Lipinski definition) is 2. The van der Waals surface area contributed by atoms with Gasteiger partial charge >= 0.3 is 0 Å². The van der Waals surface area contributed by atoms with Gasteiger partial charge < -0.3 is 19.7 Å². The van der Waals surface area contributed by atoms with Crippen molar-refractivity contribution in [3.63, 3.8) is 0 Å². The summed E-state index contributed by atoms with van der Waals surface area (Å²) in [5, 5.41) is 19.8. The van der Waals surface area contributed by atoms with Crippen LogP contribution in [0.1, 0.15) is 43.1 Å². The SMILES string of the molecule is CC1=C(c2ccc(O)cc2)[C@H](c2ccc(OCCN3CC[C@@H](C)C3)cc2)Oc2cc(O)ccc21. The zero-order valence-corrected chi connectivity index (χ0v) is 19.7. The van der Waals surface area contributed by atoms with E-state index in [9.17, 15) is 10.2 Å². The number of allylic oxidation sites excluding steroid dienone is 1. The van der Waals surface area contributed by atoms with E-state index < -0.39 is 0 Å². The number of aromatic hydroxyl groups is 2. The monoisotopic (exact) mass is 457 g/mol. The van der Waals surface area contributed by atoms with Crippen molar-refractivity contribution >= 4 is 11.1 Å². The molecule has 176 valence electrons. The topological polar surface area (TPSA) is 62.2 Å². The van der Waals surface area contributed by atoms with Crippen LogP contribution in [0.25, 0.3) is 11.1 Å². The van der Waals surface area contributed by atoms with Crippen LogP contribution in [-0.4, -0.2) is 41.4 Å². The number of hydrogen-bond acceptors (Lipinski definition) is 5. The standard InChI is InChI=1S/C29H31NO4/c1-19-13-14-30(18-19)15-16-33-25-10-5-22(6-11-25)29-28(21-3-7-23(31)8-4-21)20(2)26-12-9-24(32)17-27(26)34-29/h3-12,17,19,29,31-32H,13-16,18H2,1-2H3/t19-,29+/m1/s1. The van der Waals surface area contributed by atoms with Crippen molar-refractivity contribution in [3.05, 3.63) is 83.4 Å². The van der Waals surface area contributed by atoms with Gasteiger partial charge in [0.15, 0.2) is 0 Å². The summed E-state index contributed by atoms with van der Waals surface area (Å²) < 4.78 is 12.4. The predicted molar refractivity (Wildman–Crippen MR) is 134 cm³/mol. The molecule has 2 aliphatic rings. The first-order chi connectivity index (χ1) is 16.5. The minimum atomic E-state index is -0.348. The van der Waals surface area contributed by atoms with Gasteiger partial charge in [0, 0.05) is 30.3 Å². The van der Waals surface area contributed by atoms with Gasteiger partial charge in [-0.1, -0.05) is 31.2 Å². The Bertz CT molecular complexity index is 1180. The van der Waals surface area contributed by atoms with Gasteiger partial charge in [-0.05, 0) is 78.9 Å². The number of likely N-dealkylation sites (tertiary alicyclic amines) is 1. The van der Waals surface area contributed by atoms with E-state index in [4.69, 9.17) is 9.47 Å². The van der Waals surface area contributed by atoms with Crippen LogP contribution in [0.3, 0.4) is 0 Å². The third-order valence-corrected chi connectivity index (χ3v) is 6.83. The van der Waals surface area contributed by atoms with Crippen molar-refractivity contribution in [2.75, 3.05) is 26.2 Å². The lowest BCUT2D eigenvalue weighted by molar-refractivity contribution is 0.233. The molecule has 3 aromatic rings. The molecule has 0 saturated carbocycles. The number of rotatable bonds is 6. The van der Waals surface area contributed by atoms with Gasteiger partial charge in [-0.15, -0.1) is 0 Å². The second-order valence-electron chi connectivity index (χ2n) is 9.38. The third kappa shape index (κ3) is 4.62. The molecule has 0 aromatic heterocycles. The van der Waals surface area contributed by atoms with Crippen LogP contribution in [-0.2, 0) is 0 Å². The molecule has 2 atom stereocenters. The fraction of sp³-hybridized carbons (Fsp3) is 0.310. The number of phenols is 2. The van der Waals surface area contributed by atoms with E-state index >= 15 is 0 Å². The van der Waals surface area contributed by atoms with Crippen molar-refractivity contribution in [2.45, 2.75) is 26.4 Å². The van der Waals surface area contributed by atoms with Crippen LogP contribution < -0.4 is 9.47 Å². The van der Waals surface area contributed by atoms with E-state index in [0.717, 1.165) is 59.1 Å². The summed E-state index contributed by atoms with van der Waals surface area (Å²) in [6.45, 7) is 8.32. The van der Waals surface area contributed by atoms with Gasteiger partial charge in [0.1, 0.15) is 35.7 Å². The van der Waals surface area contributed by atoms with Crippen molar-refractivity contribution in [3.8, 4) is 23.0 Å². The van der Waals surface area contributed by atoms with E-state index in [2.05, 4.69) is 18.7 Å². The molecule has 1 fully saturated rings. The van der Waals surface area contributed by atoms with E-state index in [-0.39, 0.29) is 17.6 Å². The van der Waals surface area contributed by atoms with Crippen molar-refractivity contribution < 1.29 is 19.7 Å². The molecule has 5 nitrogen and oxygen atoms in total. The van der Waals surface area contributed by atoms with Crippen LogP contribution in [0, 0.1) is 5.92 Å². The lowest BCUT2D eigenvalue weighted by Gasteiger charge is -2.31. The average molecular weight is 458 g/mol. The summed E-state index contributed by atoms with van der Waals surface area (Å²) in [5.41, 5.74) is 5.05. The zero-order chi connectivity index (χ0) is 23.7. The maximum Gasteiger partial charge on any atom is 0.150 e. The Morgan fingerprint density at radius 3 is 2.41 bits per heavy atom. The molecule has 0 bridgehead atoms. The first kappa shape index (κ1) is 22.4. The van der Waals surface area contributed by atoms with E-state index in [1.54, 1.807) is 24.3 Å². The predicted octanol–water partition coefficient (Wildman–Crippen LogP) is 5.88. The second kappa shape index (κ2) is 9.43. The highest BCUT2D eigenvalue weighted by molar-refractivity contribution is 5.95. The molecule has 0 unspecified atom stereocenters. The summed E-state index contributed by atoms with van der Waals surface area (Å²) >= 11 is 0. The molecular formula is C29H31NO4. The molecule has 2 heterocycles. The zero-order valence-electron chi connectivity index (χ0n) is 19.7. The van der Waals surface area contributed by atoms with Crippen LogP contribution >= 0.6 is 0 Å². The van der Waals surface area contributed by atoms with E-state index in [1.165, 1.54) is 6.42 Å². The van der Waals surface area contributed by atoms with Gasteiger partial charge in [0.25, 0.3) is 0 Å². The maximum atomic E-state index is 10.0. The number of benzene rings is 3. The Hall–Kier alpha value is -3.44. The molecule has 2 N–H and O–H groups in total. The first-order valence-corrected chi connectivity index (χ1v) is 11.9. The fourth-order valence-corrected chi connectivity index (χ4v) is 4.95. The molecule has 34 heavy (non-hydrogen) atoms. The molecule has 0 aliphatic carbocycles. The van der Waals surface area contributed by atoms with Gasteiger partial charge in [0.05, 0.1) is 0 Å². The number of fused-ring (bicyclic) bond motifs is 1. The number of phenolic OH excluding ortho intramolecular Hbond substituents is 2. The van der Waals surface area contributed by atoms with E-state index in [1.807, 2.05) is 42.5 Å². The third-order valence-electron chi connectivity index (χ3n) is 6.83. The molecule has 2 aliphatic heterocycles. The molecule has 3 aromatic carbocycles. The Balaban J connectivity index is 1.39. The van der Waals surface area contributed by atoms with Crippen LogP contribution in [0.2, 0.25) is 0 Å². The molecule has 0 radical (unpaired) electrons. The summed E-state index contributed by atoms with van der Waals surface area (Å²) in [4.78, 5) is 2.46. The van der Waals surface area contributed by atoms with Crippen LogP contribution in [0.4, 0.5) is 0 Å². The number of ether oxygens (including phenoxy) is 2. The number of nitrogens with zero attached hydrogens (tertiary/aromatic N) is 1. The molecule has 1 saturated heterocycles. The summed E-state index contributed by atoms with van der Waals surface area (Å²) in [6.07, 6.45) is 0.923. The van der Waals surface area contributed by atoms with Crippen LogP contribution in [0.5, 0.6) is 23.0 Å². The fourth-order valence-electron chi connectivity index (χ4n) is 4.95. The normalized spacial score (nSPS) is 20.2. The molecule has 0 amide bonds. The molecule has 5 rings (SSSR count). The van der Waals surface area contributed by atoms with Gasteiger partial charge in [0.2, 0.25) is 0 Å². The molecule has 0 spiro atoms. The Morgan fingerprint density at radius 1 is 0.971 bits per heavy atom. The van der Waals surface area contributed by atoms with Gasteiger partial charge in [-0.25, -0.2) is 0 Å². The molecule has 5 heteroatoms. The van der Waals surface area contributed by atoms with Crippen molar-refractivity contribution in [1.29, 1.82) is 0 Å². The largest absolute Gasteiger partial charge is 0.508 e.